The third kappa shape index (κ3) is 4.44. The normalized spacial score (nSPS) is 11.4. The molecule has 1 aromatic carbocycles. The van der Waals surface area contributed by atoms with Gasteiger partial charge in [-0.25, -0.2) is 4.98 Å². The van der Waals surface area contributed by atoms with Gasteiger partial charge in [-0.3, -0.25) is 0 Å². The lowest BCUT2D eigenvalue weighted by Crippen LogP contribution is -2.17. The highest BCUT2D eigenvalue weighted by molar-refractivity contribution is 6.29. The van der Waals surface area contributed by atoms with Gasteiger partial charge in [0, 0.05) is 6.20 Å². The van der Waals surface area contributed by atoms with Crippen LogP contribution in [0.2, 0.25) is 5.15 Å². The molecule has 0 saturated heterocycles. The summed E-state index contributed by atoms with van der Waals surface area (Å²) in [5.74, 6) is -0.231. The first kappa shape index (κ1) is 13.7. The third-order valence-electron chi connectivity index (χ3n) is 2.33. The van der Waals surface area contributed by atoms with E-state index in [-0.39, 0.29) is 5.75 Å². The lowest BCUT2D eigenvalue weighted by Gasteiger charge is -2.10. The second kappa shape index (κ2) is 5.48. The molecule has 0 aliphatic heterocycles. The molecule has 0 atom stereocenters. The van der Waals surface area contributed by atoms with Gasteiger partial charge in [-0.2, -0.15) is 0 Å². The molecule has 0 aliphatic rings. The highest BCUT2D eigenvalue weighted by atomic mass is 35.5. The number of halogens is 4. The molecule has 100 valence electrons. The van der Waals surface area contributed by atoms with Crippen LogP contribution in [0.15, 0.2) is 42.6 Å². The van der Waals surface area contributed by atoms with Crippen LogP contribution in [0, 0.1) is 0 Å². The maximum Gasteiger partial charge on any atom is 0.573 e. The van der Waals surface area contributed by atoms with E-state index in [9.17, 15) is 13.2 Å². The van der Waals surface area contributed by atoms with Crippen molar-refractivity contribution in [3.63, 3.8) is 0 Å². The number of rotatable bonds is 3. The van der Waals surface area contributed by atoms with Crippen molar-refractivity contribution in [1.82, 2.24) is 4.98 Å². The molecule has 0 spiro atoms. The summed E-state index contributed by atoms with van der Waals surface area (Å²) in [5.41, 5.74) is 1.56. The Morgan fingerprint density at radius 1 is 1.11 bits per heavy atom. The molecule has 1 aromatic heterocycles. The van der Waals surface area contributed by atoms with E-state index in [0.717, 1.165) is 5.56 Å². The predicted octanol–water partition coefficient (Wildman–Crippen LogP) is 4.22. The van der Waals surface area contributed by atoms with E-state index in [1.165, 1.54) is 18.2 Å². The van der Waals surface area contributed by atoms with Crippen LogP contribution in [0.5, 0.6) is 5.75 Å². The molecule has 2 aromatic rings. The molecule has 0 unspecified atom stereocenters. The van der Waals surface area contributed by atoms with Crippen molar-refractivity contribution < 1.29 is 17.9 Å². The van der Waals surface area contributed by atoms with Crippen molar-refractivity contribution >= 4 is 11.6 Å². The molecule has 0 N–H and O–H groups in total. The molecule has 0 saturated carbocycles. The van der Waals surface area contributed by atoms with Gasteiger partial charge < -0.3 is 4.74 Å². The molecule has 2 rings (SSSR count). The van der Waals surface area contributed by atoms with Crippen molar-refractivity contribution in [2.45, 2.75) is 12.8 Å². The van der Waals surface area contributed by atoms with Crippen LogP contribution in [-0.4, -0.2) is 11.3 Å². The Labute approximate surface area is 112 Å². The molecule has 19 heavy (non-hydrogen) atoms. The first-order valence-corrected chi connectivity index (χ1v) is 5.75. The van der Waals surface area contributed by atoms with E-state index in [2.05, 4.69) is 9.72 Å². The average molecular weight is 288 g/mol. The smallest absolute Gasteiger partial charge is 0.406 e. The minimum Gasteiger partial charge on any atom is -0.406 e. The van der Waals surface area contributed by atoms with Crippen LogP contribution in [0.1, 0.15) is 11.1 Å². The molecular formula is C13H9ClF3NO. The van der Waals surface area contributed by atoms with Crippen LogP contribution in [0.25, 0.3) is 0 Å². The second-order valence-electron chi connectivity index (χ2n) is 3.86. The predicted molar refractivity (Wildman–Crippen MR) is 65.2 cm³/mol. The number of ether oxygens (including phenoxy) is 1. The van der Waals surface area contributed by atoms with Gasteiger partial charge in [-0.1, -0.05) is 23.7 Å². The summed E-state index contributed by atoms with van der Waals surface area (Å²) in [6, 6.07) is 9.26. The fourth-order valence-electron chi connectivity index (χ4n) is 1.64. The fraction of sp³-hybridized carbons (Fsp3) is 0.154. The van der Waals surface area contributed by atoms with E-state index in [1.807, 2.05) is 0 Å². The van der Waals surface area contributed by atoms with Crippen molar-refractivity contribution in [3.8, 4) is 5.75 Å². The van der Waals surface area contributed by atoms with Gasteiger partial charge in [-0.05, 0) is 41.8 Å². The maximum atomic E-state index is 12.1. The van der Waals surface area contributed by atoms with Crippen molar-refractivity contribution in [1.29, 1.82) is 0 Å². The topological polar surface area (TPSA) is 22.1 Å². The van der Waals surface area contributed by atoms with Crippen LogP contribution in [0.4, 0.5) is 13.2 Å². The van der Waals surface area contributed by atoms with Crippen LogP contribution < -0.4 is 4.74 Å². The molecule has 0 radical (unpaired) electrons. The lowest BCUT2D eigenvalue weighted by atomic mass is 10.1. The molecular weight excluding hydrogens is 279 g/mol. The van der Waals surface area contributed by atoms with Gasteiger partial charge in [0.25, 0.3) is 0 Å². The van der Waals surface area contributed by atoms with Crippen molar-refractivity contribution in [2.75, 3.05) is 0 Å². The minimum absolute atomic E-state index is 0.231. The number of nitrogens with zero attached hydrogens (tertiary/aromatic N) is 1. The number of benzene rings is 1. The molecule has 6 heteroatoms. The molecule has 0 fully saturated rings. The summed E-state index contributed by atoms with van der Waals surface area (Å²) in [6.07, 6.45) is -2.68. The molecule has 2 nitrogen and oxygen atoms in total. The Balaban J connectivity index is 2.15. The zero-order valence-corrected chi connectivity index (χ0v) is 10.4. The standard InChI is InChI=1S/C13H9ClF3NO/c14-12-8-10(4-5-18-12)6-9-2-1-3-11(7-9)19-13(15,16)17/h1-5,7-8H,6H2. The Hall–Kier alpha value is -1.75. The molecule has 0 amide bonds. The SMILES string of the molecule is FC(F)(F)Oc1cccc(Cc2ccnc(Cl)c2)c1. The Morgan fingerprint density at radius 3 is 2.53 bits per heavy atom. The zero-order chi connectivity index (χ0) is 13.9. The maximum absolute atomic E-state index is 12.1. The summed E-state index contributed by atoms with van der Waals surface area (Å²) >= 11 is 5.74. The van der Waals surface area contributed by atoms with E-state index < -0.39 is 6.36 Å². The highest BCUT2D eigenvalue weighted by Crippen LogP contribution is 2.24. The average Bonchev–Trinajstić information content (AvgIpc) is 2.27. The number of hydrogen-bond donors (Lipinski definition) is 0. The Kier molecular flexibility index (Phi) is 3.95. The number of alkyl halides is 3. The van der Waals surface area contributed by atoms with E-state index in [1.54, 1.807) is 24.4 Å². The summed E-state index contributed by atoms with van der Waals surface area (Å²) in [7, 11) is 0. The van der Waals surface area contributed by atoms with Gasteiger partial charge in [-0.15, -0.1) is 13.2 Å². The lowest BCUT2D eigenvalue weighted by molar-refractivity contribution is -0.274. The summed E-state index contributed by atoms with van der Waals surface area (Å²) < 4.78 is 40.2. The van der Waals surface area contributed by atoms with E-state index in [0.29, 0.717) is 17.1 Å². The fourth-order valence-corrected chi connectivity index (χ4v) is 1.84. The number of pyridine rings is 1. The van der Waals surface area contributed by atoms with Gasteiger partial charge >= 0.3 is 6.36 Å². The Morgan fingerprint density at radius 2 is 1.84 bits per heavy atom. The molecule has 1 heterocycles. The van der Waals surface area contributed by atoms with Crippen LogP contribution >= 0.6 is 11.6 Å². The quantitative estimate of drug-likeness (QED) is 0.788. The zero-order valence-electron chi connectivity index (χ0n) is 9.62. The van der Waals surface area contributed by atoms with Crippen LogP contribution in [-0.2, 0) is 6.42 Å². The Bertz CT molecular complexity index is 572. The summed E-state index contributed by atoms with van der Waals surface area (Å²) in [6.45, 7) is 0. The van der Waals surface area contributed by atoms with Gasteiger partial charge in [0.1, 0.15) is 10.9 Å². The molecule has 0 bridgehead atoms. The largest absolute Gasteiger partial charge is 0.573 e. The van der Waals surface area contributed by atoms with Gasteiger partial charge in [0.2, 0.25) is 0 Å². The minimum atomic E-state index is -4.68. The van der Waals surface area contributed by atoms with Crippen molar-refractivity contribution in [3.05, 3.63) is 58.9 Å². The monoisotopic (exact) mass is 287 g/mol. The first-order valence-electron chi connectivity index (χ1n) is 5.37. The van der Waals surface area contributed by atoms with Crippen molar-refractivity contribution in [2.24, 2.45) is 0 Å². The van der Waals surface area contributed by atoms with Gasteiger partial charge in [0.15, 0.2) is 0 Å². The van der Waals surface area contributed by atoms with E-state index in [4.69, 9.17) is 11.6 Å². The van der Waals surface area contributed by atoms with Crippen LogP contribution in [0.3, 0.4) is 0 Å². The molecule has 0 aliphatic carbocycles. The second-order valence-corrected chi connectivity index (χ2v) is 4.25. The third-order valence-corrected chi connectivity index (χ3v) is 2.54. The highest BCUT2D eigenvalue weighted by Gasteiger charge is 2.31. The van der Waals surface area contributed by atoms with E-state index >= 15 is 0 Å². The van der Waals surface area contributed by atoms with Gasteiger partial charge in [0.05, 0.1) is 0 Å². The number of hydrogen-bond acceptors (Lipinski definition) is 2. The summed E-state index contributed by atoms with van der Waals surface area (Å²) in [5, 5.41) is 0.347. The first-order chi connectivity index (χ1) is 8.92. The summed E-state index contributed by atoms with van der Waals surface area (Å²) in [4.78, 5) is 3.84. The number of aromatic nitrogens is 1.